The quantitative estimate of drug-likeness (QED) is 0.545. The fourth-order valence-corrected chi connectivity index (χ4v) is 2.68. The zero-order chi connectivity index (χ0) is 18.4. The molecule has 134 valence electrons. The van der Waals surface area contributed by atoms with Crippen LogP contribution in [0.4, 0.5) is 23.1 Å². The number of hydrogen-bond donors (Lipinski definition) is 1. The second-order valence-electron chi connectivity index (χ2n) is 5.51. The summed E-state index contributed by atoms with van der Waals surface area (Å²) < 4.78 is 0. The molecule has 0 aliphatic rings. The summed E-state index contributed by atoms with van der Waals surface area (Å²) in [5.74, 6) is 1.26. The largest absolute Gasteiger partial charge is 0.357 e. The van der Waals surface area contributed by atoms with Gasteiger partial charge in [0.05, 0.1) is 4.92 Å². The van der Waals surface area contributed by atoms with Crippen LogP contribution in [0.3, 0.4) is 0 Å². The van der Waals surface area contributed by atoms with Crippen molar-refractivity contribution in [2.75, 3.05) is 23.3 Å². The van der Waals surface area contributed by atoms with Gasteiger partial charge < -0.3 is 10.2 Å². The van der Waals surface area contributed by atoms with E-state index in [4.69, 9.17) is 11.6 Å². The molecule has 0 fully saturated rings. The van der Waals surface area contributed by atoms with Crippen LogP contribution in [-0.2, 0) is 6.42 Å². The first-order chi connectivity index (χ1) is 12.0. The third-order valence-corrected chi connectivity index (χ3v) is 4.08. The highest BCUT2D eigenvalue weighted by Gasteiger charge is 2.14. The second kappa shape index (κ2) is 8.62. The van der Waals surface area contributed by atoms with Crippen molar-refractivity contribution in [3.8, 4) is 0 Å². The van der Waals surface area contributed by atoms with Gasteiger partial charge in [-0.1, -0.05) is 24.9 Å². The molecule has 2 aromatic rings. The van der Waals surface area contributed by atoms with Crippen LogP contribution in [-0.4, -0.2) is 28.0 Å². The van der Waals surface area contributed by atoms with Gasteiger partial charge in [-0.25, -0.2) is 4.98 Å². The molecular weight excluding hydrogens is 342 g/mol. The normalized spacial score (nSPS) is 10.6. The smallest absolute Gasteiger partial charge is 0.289 e. The van der Waals surface area contributed by atoms with Gasteiger partial charge in [-0.05, 0) is 32.4 Å². The first-order valence-electron chi connectivity index (χ1n) is 8.32. The van der Waals surface area contributed by atoms with Crippen molar-refractivity contribution in [2.24, 2.45) is 0 Å². The van der Waals surface area contributed by atoms with E-state index < -0.39 is 4.92 Å². The summed E-state index contributed by atoms with van der Waals surface area (Å²) in [4.78, 5) is 21.7. The molecule has 0 saturated heterocycles. The Morgan fingerprint density at radius 2 is 1.92 bits per heavy atom. The van der Waals surface area contributed by atoms with Crippen LogP contribution in [0.25, 0.3) is 0 Å². The van der Waals surface area contributed by atoms with Gasteiger partial charge in [0.25, 0.3) is 5.69 Å². The lowest BCUT2D eigenvalue weighted by Gasteiger charge is -2.21. The molecule has 25 heavy (non-hydrogen) atoms. The van der Waals surface area contributed by atoms with Gasteiger partial charge in [-0.15, -0.1) is 0 Å². The minimum atomic E-state index is -0.511. The average molecular weight is 364 g/mol. The topological polar surface area (TPSA) is 84.2 Å². The summed E-state index contributed by atoms with van der Waals surface area (Å²) in [6.07, 6.45) is 1.81. The van der Waals surface area contributed by atoms with Crippen molar-refractivity contribution >= 4 is 34.7 Å². The number of aryl methyl sites for hydroxylation is 1. The molecule has 0 amide bonds. The number of rotatable bonds is 8. The average Bonchev–Trinajstić information content (AvgIpc) is 2.58. The summed E-state index contributed by atoms with van der Waals surface area (Å²) in [6.45, 7) is 7.91. The number of halogens is 1. The molecule has 0 radical (unpaired) electrons. The molecule has 1 aromatic heterocycles. The van der Waals surface area contributed by atoms with E-state index in [0.29, 0.717) is 11.6 Å². The number of hydrogen-bond acceptors (Lipinski definition) is 6. The van der Waals surface area contributed by atoms with Gasteiger partial charge in [-0.2, -0.15) is 4.98 Å². The van der Waals surface area contributed by atoms with Crippen LogP contribution < -0.4 is 10.2 Å². The van der Waals surface area contributed by atoms with Crippen LogP contribution in [0.5, 0.6) is 0 Å². The first-order valence-corrected chi connectivity index (χ1v) is 8.70. The number of nitrogens with zero attached hydrogens (tertiary/aromatic N) is 4. The van der Waals surface area contributed by atoms with Gasteiger partial charge in [0, 0.05) is 36.6 Å². The van der Waals surface area contributed by atoms with Crippen molar-refractivity contribution in [3.63, 3.8) is 0 Å². The van der Waals surface area contributed by atoms with E-state index in [0.717, 1.165) is 37.4 Å². The van der Waals surface area contributed by atoms with Crippen LogP contribution in [0, 0.1) is 10.1 Å². The van der Waals surface area contributed by atoms with Crippen molar-refractivity contribution in [2.45, 2.75) is 33.6 Å². The van der Waals surface area contributed by atoms with E-state index in [-0.39, 0.29) is 10.7 Å². The van der Waals surface area contributed by atoms with Gasteiger partial charge in [0.2, 0.25) is 5.95 Å². The molecule has 8 heteroatoms. The Bertz CT molecular complexity index is 750. The van der Waals surface area contributed by atoms with Crippen molar-refractivity contribution in [3.05, 3.63) is 45.1 Å². The molecule has 0 spiro atoms. The van der Waals surface area contributed by atoms with E-state index in [1.165, 1.54) is 12.1 Å². The molecule has 0 unspecified atom stereocenters. The highest BCUT2D eigenvalue weighted by molar-refractivity contribution is 6.32. The Morgan fingerprint density at radius 3 is 2.52 bits per heavy atom. The Labute approximate surface area is 152 Å². The van der Waals surface area contributed by atoms with Crippen LogP contribution in [0.15, 0.2) is 24.3 Å². The Kier molecular flexibility index (Phi) is 6.52. The predicted octanol–water partition coefficient (Wildman–Crippen LogP) is 4.58. The third kappa shape index (κ3) is 4.79. The molecule has 1 N–H and O–H groups in total. The van der Waals surface area contributed by atoms with E-state index in [1.54, 1.807) is 6.07 Å². The molecular formula is C17H22ClN5O2. The fourth-order valence-electron chi connectivity index (χ4n) is 2.49. The minimum Gasteiger partial charge on any atom is -0.357 e. The molecule has 0 bridgehead atoms. The molecule has 0 aliphatic heterocycles. The number of aromatic nitrogens is 2. The molecule has 1 aromatic carbocycles. The molecule has 0 aliphatic carbocycles. The number of nitro benzene ring substituents is 1. The van der Waals surface area contributed by atoms with E-state index >= 15 is 0 Å². The molecule has 0 atom stereocenters. The number of nitrogens with one attached hydrogen (secondary N) is 1. The zero-order valence-corrected chi connectivity index (χ0v) is 15.4. The van der Waals surface area contributed by atoms with Gasteiger partial charge in [0.15, 0.2) is 0 Å². The van der Waals surface area contributed by atoms with E-state index in [1.807, 2.05) is 6.07 Å². The molecule has 0 saturated carbocycles. The maximum atomic E-state index is 11.0. The van der Waals surface area contributed by atoms with Gasteiger partial charge in [-0.3, -0.25) is 10.1 Å². The summed E-state index contributed by atoms with van der Waals surface area (Å²) in [6, 6.07) is 6.53. The lowest BCUT2D eigenvalue weighted by atomic mass is 10.2. The lowest BCUT2D eigenvalue weighted by Crippen LogP contribution is -2.23. The van der Waals surface area contributed by atoms with Crippen molar-refractivity contribution in [1.82, 2.24) is 9.97 Å². The Balaban J connectivity index is 2.38. The highest BCUT2D eigenvalue weighted by Crippen LogP contribution is 2.29. The zero-order valence-electron chi connectivity index (χ0n) is 14.6. The van der Waals surface area contributed by atoms with Crippen LogP contribution in [0.2, 0.25) is 5.02 Å². The highest BCUT2D eigenvalue weighted by atomic mass is 35.5. The third-order valence-electron chi connectivity index (χ3n) is 3.76. The standard InChI is InChI=1S/C17H22ClN5O2/c1-4-7-12-11-16(22(5-2)6-3)21-17(19-12)20-13-8-9-14(18)15(10-13)23(24)25/h8-11H,4-7H2,1-3H3,(H,19,20,21). The Hall–Kier alpha value is -2.41. The maximum absolute atomic E-state index is 11.0. The van der Waals surface area contributed by atoms with Crippen LogP contribution >= 0.6 is 11.6 Å². The van der Waals surface area contributed by atoms with Crippen molar-refractivity contribution < 1.29 is 4.92 Å². The summed E-state index contributed by atoms with van der Waals surface area (Å²) >= 11 is 5.86. The molecule has 1 heterocycles. The van der Waals surface area contributed by atoms with Crippen molar-refractivity contribution in [1.29, 1.82) is 0 Å². The SMILES string of the molecule is CCCc1cc(N(CC)CC)nc(Nc2ccc(Cl)c([N+](=O)[O-])c2)n1. The fraction of sp³-hybridized carbons (Fsp3) is 0.412. The van der Waals surface area contributed by atoms with Crippen LogP contribution in [0.1, 0.15) is 32.9 Å². The van der Waals surface area contributed by atoms with E-state index in [2.05, 4.69) is 41.0 Å². The number of benzene rings is 1. The second-order valence-corrected chi connectivity index (χ2v) is 5.92. The number of anilines is 3. The van der Waals surface area contributed by atoms with Gasteiger partial charge >= 0.3 is 0 Å². The minimum absolute atomic E-state index is 0.0973. The molecule has 2 rings (SSSR count). The van der Waals surface area contributed by atoms with E-state index in [9.17, 15) is 10.1 Å². The summed E-state index contributed by atoms with van der Waals surface area (Å²) in [7, 11) is 0. The summed E-state index contributed by atoms with van der Waals surface area (Å²) in [5, 5.41) is 14.2. The monoisotopic (exact) mass is 363 g/mol. The Morgan fingerprint density at radius 1 is 1.20 bits per heavy atom. The predicted molar refractivity (Wildman–Crippen MR) is 101 cm³/mol. The maximum Gasteiger partial charge on any atom is 0.289 e. The van der Waals surface area contributed by atoms with Gasteiger partial charge in [0.1, 0.15) is 10.8 Å². The summed E-state index contributed by atoms with van der Waals surface area (Å²) in [5.41, 5.74) is 1.31. The lowest BCUT2D eigenvalue weighted by molar-refractivity contribution is -0.384. The number of nitro groups is 1. The first kappa shape index (κ1) is 18.9. The molecule has 7 nitrogen and oxygen atoms in total.